The van der Waals surface area contributed by atoms with Crippen molar-refractivity contribution in [3.8, 4) is 11.8 Å². The van der Waals surface area contributed by atoms with Crippen LogP contribution in [0.3, 0.4) is 0 Å². The predicted molar refractivity (Wildman–Crippen MR) is 116 cm³/mol. The van der Waals surface area contributed by atoms with E-state index in [0.29, 0.717) is 31.9 Å². The molecule has 1 unspecified atom stereocenters. The second-order valence-corrected chi connectivity index (χ2v) is 8.58. The van der Waals surface area contributed by atoms with E-state index < -0.39 is 22.6 Å². The fraction of sp³-hybridized carbons (Fsp3) is 0.0952. The summed E-state index contributed by atoms with van der Waals surface area (Å²) in [4.78, 5) is 26.1. The number of halogens is 2. The molecule has 1 N–H and O–H groups in total. The molecule has 1 amide bonds. The van der Waals surface area contributed by atoms with Gasteiger partial charge in [-0.05, 0) is 49.4 Å². The number of hydrogen-bond acceptors (Lipinski definition) is 4. The molecule has 0 fully saturated rings. The van der Waals surface area contributed by atoms with Crippen LogP contribution in [0.4, 0.5) is 0 Å². The number of benzene rings is 2. The fourth-order valence-corrected chi connectivity index (χ4v) is 4.66. The summed E-state index contributed by atoms with van der Waals surface area (Å²) in [6, 6.07) is 14.2. The Morgan fingerprint density at radius 3 is 2.27 bits per heavy atom. The topological polar surface area (TPSA) is 97.9 Å². The number of nitrogens with zero attached hydrogens (tertiary/aromatic N) is 2. The molecule has 0 aliphatic heterocycles. The van der Waals surface area contributed by atoms with Gasteiger partial charge in [-0.25, -0.2) is 0 Å². The molecule has 1 atom stereocenters. The van der Waals surface area contributed by atoms with Crippen LogP contribution < -0.4 is 10.9 Å². The summed E-state index contributed by atoms with van der Waals surface area (Å²) in [7, 11) is 1.40. The number of carbonyl (C=O) groups excluding carboxylic acids is 1. The first-order valence-electron chi connectivity index (χ1n) is 8.64. The second kappa shape index (κ2) is 8.94. The largest absolute Gasteiger partial charge is 0.606 e. The minimum absolute atomic E-state index is 0.170. The van der Waals surface area contributed by atoms with Gasteiger partial charge < -0.3 is 9.87 Å². The number of carbonyl (C=O) groups is 1. The van der Waals surface area contributed by atoms with Crippen LogP contribution in [0.25, 0.3) is 5.69 Å². The summed E-state index contributed by atoms with van der Waals surface area (Å²) in [6.45, 7) is 1.63. The van der Waals surface area contributed by atoms with Crippen molar-refractivity contribution in [2.75, 3.05) is 7.05 Å². The fourth-order valence-electron chi connectivity index (χ4n) is 2.92. The van der Waals surface area contributed by atoms with Gasteiger partial charge in [0.15, 0.2) is 9.79 Å². The molecule has 2 aromatic carbocycles. The molecule has 30 heavy (non-hydrogen) atoms. The van der Waals surface area contributed by atoms with Crippen molar-refractivity contribution in [1.82, 2.24) is 9.88 Å². The number of aromatic nitrogens is 1. The maximum Gasteiger partial charge on any atom is 0.268 e. The van der Waals surface area contributed by atoms with Gasteiger partial charge >= 0.3 is 0 Å². The number of pyridine rings is 1. The zero-order valence-electron chi connectivity index (χ0n) is 15.9. The first kappa shape index (κ1) is 21.9. The number of nitrogens with one attached hydrogen (secondary N) is 1. The third-order valence-corrected chi connectivity index (χ3v) is 6.32. The second-order valence-electron chi connectivity index (χ2n) is 6.26. The maximum atomic E-state index is 13.3. The first-order valence-corrected chi connectivity index (χ1v) is 10.5. The van der Waals surface area contributed by atoms with E-state index in [1.165, 1.54) is 35.9 Å². The number of amides is 1. The number of nitriles is 1. The molecule has 0 spiro atoms. The molecule has 152 valence electrons. The van der Waals surface area contributed by atoms with E-state index in [-0.39, 0.29) is 10.5 Å². The molecule has 0 bridgehead atoms. The normalized spacial score (nSPS) is 11.6. The molecule has 0 aliphatic carbocycles. The van der Waals surface area contributed by atoms with Gasteiger partial charge in [-0.3, -0.25) is 14.2 Å². The molecule has 3 aromatic rings. The molecular weight excluding hydrogens is 445 g/mol. The zero-order valence-corrected chi connectivity index (χ0v) is 18.2. The minimum Gasteiger partial charge on any atom is -0.606 e. The van der Waals surface area contributed by atoms with Crippen LogP contribution in [0.15, 0.2) is 63.1 Å². The van der Waals surface area contributed by atoms with Crippen LogP contribution >= 0.6 is 23.2 Å². The highest BCUT2D eigenvalue weighted by atomic mass is 35.5. The summed E-state index contributed by atoms with van der Waals surface area (Å²) in [5, 5.41) is 12.0. The Morgan fingerprint density at radius 1 is 1.13 bits per heavy atom. The summed E-state index contributed by atoms with van der Waals surface area (Å²) < 4.78 is 14.6. The lowest BCUT2D eigenvalue weighted by Gasteiger charge is -2.18. The summed E-state index contributed by atoms with van der Waals surface area (Å²) in [5.41, 5.74) is 0.381. The molecule has 0 saturated heterocycles. The SMILES string of the molecule is CNC(=O)c1cc([S+]([O-])c2ccc(C#N)cc2)c(C)n(-c2cc(Cl)cc(Cl)c2)c1=O. The van der Waals surface area contributed by atoms with Crippen LogP contribution in [0.2, 0.25) is 10.0 Å². The molecule has 0 saturated carbocycles. The standard InChI is InChI=1S/C21H15Cl2N3O3S/c1-12-19(30(29)17-5-3-13(11-24)4-6-17)10-18(20(27)25-2)21(28)26(12)16-8-14(22)7-15(23)9-16/h3-10H,1-2H3,(H,25,27). The van der Waals surface area contributed by atoms with Crippen molar-refractivity contribution < 1.29 is 9.35 Å². The van der Waals surface area contributed by atoms with Crippen molar-refractivity contribution in [1.29, 1.82) is 5.26 Å². The molecule has 6 nitrogen and oxygen atoms in total. The molecule has 3 rings (SSSR count). The highest BCUT2D eigenvalue weighted by Crippen LogP contribution is 2.27. The van der Waals surface area contributed by atoms with Crippen molar-refractivity contribution in [3.05, 3.63) is 85.8 Å². The lowest BCUT2D eigenvalue weighted by Crippen LogP contribution is -2.33. The van der Waals surface area contributed by atoms with Gasteiger partial charge in [0.2, 0.25) is 0 Å². The molecule has 0 radical (unpaired) electrons. The molecule has 0 aliphatic rings. The highest BCUT2D eigenvalue weighted by Gasteiger charge is 2.26. The van der Waals surface area contributed by atoms with Gasteiger partial charge in [-0.2, -0.15) is 5.26 Å². The Balaban J connectivity index is 2.28. The van der Waals surface area contributed by atoms with Gasteiger partial charge in [-0.1, -0.05) is 23.2 Å². The Bertz CT molecular complexity index is 1210. The van der Waals surface area contributed by atoms with E-state index >= 15 is 0 Å². The predicted octanol–water partition coefficient (Wildman–Crippen LogP) is 3.85. The van der Waals surface area contributed by atoms with Gasteiger partial charge in [0.25, 0.3) is 11.5 Å². The van der Waals surface area contributed by atoms with E-state index in [1.807, 2.05) is 6.07 Å². The average molecular weight is 460 g/mol. The molecular formula is C21H15Cl2N3O3S. The van der Waals surface area contributed by atoms with E-state index in [2.05, 4.69) is 5.32 Å². The van der Waals surface area contributed by atoms with Crippen LogP contribution in [0.5, 0.6) is 0 Å². The van der Waals surface area contributed by atoms with Gasteiger partial charge in [0.05, 0.1) is 23.0 Å². The van der Waals surface area contributed by atoms with Gasteiger partial charge in [-0.15, -0.1) is 0 Å². The lowest BCUT2D eigenvalue weighted by molar-refractivity contribution is 0.0961. The van der Waals surface area contributed by atoms with Crippen LogP contribution in [-0.2, 0) is 11.2 Å². The Labute approximate surface area is 185 Å². The van der Waals surface area contributed by atoms with Crippen LogP contribution in [0, 0.1) is 18.3 Å². The van der Waals surface area contributed by atoms with Crippen molar-refractivity contribution in [2.45, 2.75) is 16.7 Å². The minimum atomic E-state index is -1.72. The van der Waals surface area contributed by atoms with Crippen molar-refractivity contribution in [3.63, 3.8) is 0 Å². The Kier molecular flexibility index (Phi) is 6.54. The first-order chi connectivity index (χ1) is 14.3. The maximum absolute atomic E-state index is 13.3. The quantitative estimate of drug-likeness (QED) is 0.598. The third-order valence-electron chi connectivity index (χ3n) is 4.38. The van der Waals surface area contributed by atoms with Crippen LogP contribution in [-0.4, -0.2) is 22.1 Å². The van der Waals surface area contributed by atoms with Gasteiger partial charge in [0, 0.05) is 34.3 Å². The van der Waals surface area contributed by atoms with Crippen molar-refractivity contribution in [2.24, 2.45) is 0 Å². The van der Waals surface area contributed by atoms with Crippen LogP contribution in [0.1, 0.15) is 21.6 Å². The Hall–Kier alpha value is -2.76. The van der Waals surface area contributed by atoms with E-state index in [0.717, 1.165) is 0 Å². The highest BCUT2D eigenvalue weighted by molar-refractivity contribution is 7.91. The molecule has 1 heterocycles. The molecule has 1 aromatic heterocycles. The Morgan fingerprint density at radius 2 is 1.73 bits per heavy atom. The van der Waals surface area contributed by atoms with E-state index in [1.54, 1.807) is 31.2 Å². The summed E-state index contributed by atoms with van der Waals surface area (Å²) in [5.74, 6) is -0.611. The smallest absolute Gasteiger partial charge is 0.268 e. The zero-order chi connectivity index (χ0) is 22.0. The number of rotatable bonds is 4. The third kappa shape index (κ3) is 4.23. The van der Waals surface area contributed by atoms with E-state index in [4.69, 9.17) is 28.5 Å². The summed E-state index contributed by atoms with van der Waals surface area (Å²) >= 11 is 10.5. The lowest BCUT2D eigenvalue weighted by atomic mass is 10.2. The number of hydrogen-bond donors (Lipinski definition) is 1. The summed E-state index contributed by atoms with van der Waals surface area (Å²) in [6.07, 6.45) is 0. The average Bonchev–Trinajstić information content (AvgIpc) is 2.72. The van der Waals surface area contributed by atoms with Gasteiger partial charge in [0.1, 0.15) is 5.56 Å². The van der Waals surface area contributed by atoms with Crippen molar-refractivity contribution >= 4 is 40.3 Å². The molecule has 9 heteroatoms. The monoisotopic (exact) mass is 459 g/mol. The van der Waals surface area contributed by atoms with E-state index in [9.17, 15) is 14.1 Å².